The quantitative estimate of drug-likeness (QED) is 0.299. The Labute approximate surface area is 89.2 Å². The maximum Gasteiger partial charge on any atom is 0.319 e. The SMILES string of the molecule is C=COCCC1(C(=O)OC)CCCC1=O. The van der Waals surface area contributed by atoms with Gasteiger partial charge in [-0.05, 0) is 12.8 Å². The van der Waals surface area contributed by atoms with Crippen molar-refractivity contribution < 1.29 is 19.1 Å². The van der Waals surface area contributed by atoms with Gasteiger partial charge in [0.15, 0.2) is 0 Å². The van der Waals surface area contributed by atoms with Crippen LogP contribution in [0.15, 0.2) is 12.8 Å². The molecule has 0 spiro atoms. The number of ketones is 1. The molecule has 1 rings (SSSR count). The molecule has 1 aliphatic carbocycles. The zero-order valence-electron chi connectivity index (χ0n) is 8.95. The van der Waals surface area contributed by atoms with E-state index in [1.807, 2.05) is 0 Å². The predicted molar refractivity (Wildman–Crippen MR) is 54.1 cm³/mol. The topological polar surface area (TPSA) is 52.6 Å². The normalized spacial score (nSPS) is 25.0. The lowest BCUT2D eigenvalue weighted by molar-refractivity contribution is -0.157. The molecule has 0 aromatic carbocycles. The molecule has 84 valence electrons. The Kier molecular flexibility index (Phi) is 3.88. The van der Waals surface area contributed by atoms with Gasteiger partial charge in [-0.1, -0.05) is 6.58 Å². The second-order valence-corrected chi connectivity index (χ2v) is 3.64. The van der Waals surface area contributed by atoms with Gasteiger partial charge in [0.05, 0.1) is 20.0 Å². The third-order valence-corrected chi connectivity index (χ3v) is 2.88. The Morgan fingerprint density at radius 2 is 2.40 bits per heavy atom. The van der Waals surface area contributed by atoms with Gasteiger partial charge in [0, 0.05) is 12.8 Å². The summed E-state index contributed by atoms with van der Waals surface area (Å²) in [7, 11) is 1.31. The lowest BCUT2D eigenvalue weighted by Gasteiger charge is -2.23. The Bertz CT molecular complexity index is 272. The molecule has 0 saturated heterocycles. The summed E-state index contributed by atoms with van der Waals surface area (Å²) in [6, 6.07) is 0. The van der Waals surface area contributed by atoms with Crippen LogP contribution in [0, 0.1) is 5.41 Å². The molecule has 1 atom stereocenters. The van der Waals surface area contributed by atoms with Crippen LogP contribution in [-0.2, 0) is 19.1 Å². The van der Waals surface area contributed by atoms with E-state index < -0.39 is 11.4 Å². The summed E-state index contributed by atoms with van der Waals surface area (Å²) < 4.78 is 9.66. The van der Waals surface area contributed by atoms with Crippen molar-refractivity contribution in [2.45, 2.75) is 25.7 Å². The molecular formula is C11H16O4. The van der Waals surface area contributed by atoms with Crippen molar-refractivity contribution in [3.05, 3.63) is 12.8 Å². The summed E-state index contributed by atoms with van der Waals surface area (Å²) in [5.41, 5.74) is -0.961. The molecule has 0 N–H and O–H groups in total. The van der Waals surface area contributed by atoms with Gasteiger partial charge < -0.3 is 9.47 Å². The average molecular weight is 212 g/mol. The number of esters is 1. The van der Waals surface area contributed by atoms with Gasteiger partial charge in [-0.2, -0.15) is 0 Å². The van der Waals surface area contributed by atoms with E-state index in [0.29, 0.717) is 25.9 Å². The van der Waals surface area contributed by atoms with Crippen molar-refractivity contribution in [3.8, 4) is 0 Å². The van der Waals surface area contributed by atoms with E-state index in [1.165, 1.54) is 13.4 Å². The van der Waals surface area contributed by atoms with Gasteiger partial charge in [0.25, 0.3) is 0 Å². The van der Waals surface area contributed by atoms with Gasteiger partial charge in [-0.3, -0.25) is 9.59 Å². The highest BCUT2D eigenvalue weighted by atomic mass is 16.5. The molecule has 1 saturated carbocycles. The van der Waals surface area contributed by atoms with Crippen LogP contribution in [0.1, 0.15) is 25.7 Å². The number of methoxy groups -OCH3 is 1. The van der Waals surface area contributed by atoms with Gasteiger partial charge in [0.2, 0.25) is 0 Å². The summed E-state index contributed by atoms with van der Waals surface area (Å²) in [5, 5.41) is 0. The van der Waals surface area contributed by atoms with E-state index >= 15 is 0 Å². The van der Waals surface area contributed by atoms with Crippen LogP contribution in [-0.4, -0.2) is 25.5 Å². The standard InChI is InChI=1S/C11H16O4/c1-3-15-8-7-11(10(13)14-2)6-4-5-9(11)12/h3H,1,4-8H2,2H3. The molecule has 1 fully saturated rings. The molecule has 0 aromatic heterocycles. The fourth-order valence-corrected chi connectivity index (χ4v) is 2.02. The number of ether oxygens (including phenoxy) is 2. The van der Waals surface area contributed by atoms with Gasteiger partial charge in [-0.15, -0.1) is 0 Å². The van der Waals surface area contributed by atoms with E-state index in [2.05, 4.69) is 6.58 Å². The lowest BCUT2D eigenvalue weighted by atomic mass is 9.82. The second kappa shape index (κ2) is 4.96. The molecular weight excluding hydrogens is 196 g/mol. The molecule has 4 nitrogen and oxygen atoms in total. The zero-order chi connectivity index (χ0) is 11.3. The number of hydrogen-bond acceptors (Lipinski definition) is 4. The minimum atomic E-state index is -0.961. The number of carbonyl (C=O) groups excluding carboxylic acids is 2. The maximum absolute atomic E-state index is 11.7. The maximum atomic E-state index is 11.7. The van der Waals surface area contributed by atoms with Crippen molar-refractivity contribution in [2.24, 2.45) is 5.41 Å². The third-order valence-electron chi connectivity index (χ3n) is 2.88. The summed E-state index contributed by atoms with van der Waals surface area (Å²) in [6.45, 7) is 3.73. The molecule has 1 unspecified atom stereocenters. The first-order valence-corrected chi connectivity index (χ1v) is 5.01. The molecule has 0 aliphatic heterocycles. The van der Waals surface area contributed by atoms with Gasteiger partial charge in [-0.25, -0.2) is 0 Å². The van der Waals surface area contributed by atoms with E-state index in [9.17, 15) is 9.59 Å². The molecule has 1 aliphatic rings. The lowest BCUT2D eigenvalue weighted by Crippen LogP contribution is -2.37. The first kappa shape index (κ1) is 11.8. The van der Waals surface area contributed by atoms with E-state index in [0.717, 1.165) is 6.42 Å². The summed E-state index contributed by atoms with van der Waals surface area (Å²) in [5.74, 6) is -0.459. The Balaban J connectivity index is 2.72. The molecule has 4 heteroatoms. The van der Waals surface area contributed by atoms with Gasteiger partial charge in [0.1, 0.15) is 11.2 Å². The highest BCUT2D eigenvalue weighted by molar-refractivity contribution is 6.05. The Morgan fingerprint density at radius 3 is 2.87 bits per heavy atom. The van der Waals surface area contributed by atoms with Crippen LogP contribution >= 0.6 is 0 Å². The summed E-state index contributed by atoms with van der Waals surface area (Å²) in [6.07, 6.45) is 3.47. The number of hydrogen-bond donors (Lipinski definition) is 0. The highest BCUT2D eigenvalue weighted by Crippen LogP contribution is 2.39. The third kappa shape index (κ3) is 2.19. The summed E-state index contributed by atoms with van der Waals surface area (Å²) >= 11 is 0. The van der Waals surface area contributed by atoms with Crippen LogP contribution in [0.5, 0.6) is 0 Å². The first-order valence-electron chi connectivity index (χ1n) is 5.01. The van der Waals surface area contributed by atoms with Crippen LogP contribution in [0.25, 0.3) is 0 Å². The van der Waals surface area contributed by atoms with Crippen molar-refractivity contribution in [1.82, 2.24) is 0 Å². The van der Waals surface area contributed by atoms with Crippen LogP contribution in [0.3, 0.4) is 0 Å². The van der Waals surface area contributed by atoms with E-state index in [1.54, 1.807) is 0 Å². The van der Waals surface area contributed by atoms with Crippen molar-refractivity contribution in [3.63, 3.8) is 0 Å². The molecule has 0 amide bonds. The minimum Gasteiger partial charge on any atom is -0.502 e. The van der Waals surface area contributed by atoms with E-state index in [-0.39, 0.29) is 5.78 Å². The predicted octanol–water partition coefficient (Wildman–Crippen LogP) is 1.45. The number of carbonyl (C=O) groups is 2. The number of rotatable bonds is 5. The smallest absolute Gasteiger partial charge is 0.319 e. The minimum absolute atomic E-state index is 0.0259. The van der Waals surface area contributed by atoms with Crippen LogP contribution < -0.4 is 0 Å². The average Bonchev–Trinajstić information content (AvgIpc) is 2.61. The molecule has 0 heterocycles. The fraction of sp³-hybridized carbons (Fsp3) is 0.636. The van der Waals surface area contributed by atoms with E-state index in [4.69, 9.17) is 9.47 Å². The van der Waals surface area contributed by atoms with Crippen molar-refractivity contribution in [2.75, 3.05) is 13.7 Å². The summed E-state index contributed by atoms with van der Waals surface area (Å²) in [4.78, 5) is 23.3. The second-order valence-electron chi connectivity index (χ2n) is 3.64. The fourth-order valence-electron chi connectivity index (χ4n) is 2.02. The molecule has 0 bridgehead atoms. The zero-order valence-corrected chi connectivity index (χ0v) is 8.95. The first-order chi connectivity index (χ1) is 7.17. The Hall–Kier alpha value is -1.32. The largest absolute Gasteiger partial charge is 0.502 e. The van der Waals surface area contributed by atoms with Crippen LogP contribution in [0.4, 0.5) is 0 Å². The number of Topliss-reactive ketones (excluding diaryl/α,β-unsaturated/α-hetero) is 1. The van der Waals surface area contributed by atoms with Gasteiger partial charge >= 0.3 is 5.97 Å². The highest BCUT2D eigenvalue weighted by Gasteiger charge is 2.49. The molecule has 0 aromatic rings. The molecule has 15 heavy (non-hydrogen) atoms. The molecule has 0 radical (unpaired) electrons. The van der Waals surface area contributed by atoms with Crippen molar-refractivity contribution >= 4 is 11.8 Å². The monoisotopic (exact) mass is 212 g/mol. The van der Waals surface area contributed by atoms with Crippen LogP contribution in [0.2, 0.25) is 0 Å². The Morgan fingerprint density at radius 1 is 1.67 bits per heavy atom. The van der Waals surface area contributed by atoms with Crippen molar-refractivity contribution in [1.29, 1.82) is 0 Å².